The number of benzene rings is 2. The summed E-state index contributed by atoms with van der Waals surface area (Å²) in [6.45, 7) is 0.643. The summed E-state index contributed by atoms with van der Waals surface area (Å²) in [5.74, 6) is 0.533. The quantitative estimate of drug-likeness (QED) is 0.836. The SMILES string of the molecule is CN[C@H]1CC[C@@](CNC(=O)c2ccccc2OC)(c2ccccc2)CC1. The highest BCUT2D eigenvalue weighted by molar-refractivity contribution is 5.96. The van der Waals surface area contributed by atoms with Crippen LogP contribution in [0.2, 0.25) is 0 Å². The van der Waals surface area contributed by atoms with Crippen molar-refractivity contribution in [2.24, 2.45) is 0 Å². The molecule has 0 aromatic heterocycles. The Kier molecular flexibility index (Phi) is 5.94. The van der Waals surface area contributed by atoms with Crippen LogP contribution in [0.25, 0.3) is 0 Å². The van der Waals surface area contributed by atoms with Crippen molar-refractivity contribution in [1.82, 2.24) is 10.6 Å². The Morgan fingerprint density at radius 1 is 1.08 bits per heavy atom. The summed E-state index contributed by atoms with van der Waals surface area (Å²) in [7, 11) is 3.63. The lowest BCUT2D eigenvalue weighted by molar-refractivity contribution is 0.0931. The summed E-state index contributed by atoms with van der Waals surface area (Å²) < 4.78 is 5.33. The van der Waals surface area contributed by atoms with E-state index < -0.39 is 0 Å². The van der Waals surface area contributed by atoms with Crippen molar-refractivity contribution >= 4 is 5.91 Å². The van der Waals surface area contributed by atoms with E-state index in [2.05, 4.69) is 34.9 Å². The molecule has 2 N–H and O–H groups in total. The van der Waals surface area contributed by atoms with Crippen LogP contribution in [-0.4, -0.2) is 32.7 Å². The Bertz CT molecular complexity index is 722. The van der Waals surface area contributed by atoms with Crippen LogP contribution in [0.1, 0.15) is 41.6 Å². The van der Waals surface area contributed by atoms with Crippen LogP contribution in [-0.2, 0) is 5.41 Å². The highest BCUT2D eigenvalue weighted by atomic mass is 16.5. The highest BCUT2D eigenvalue weighted by Crippen LogP contribution is 2.39. The number of carbonyl (C=O) groups excluding carboxylic acids is 1. The summed E-state index contributed by atoms with van der Waals surface area (Å²) in [5, 5.41) is 6.57. The lowest BCUT2D eigenvalue weighted by Gasteiger charge is -2.41. The molecule has 26 heavy (non-hydrogen) atoms. The lowest BCUT2D eigenvalue weighted by Crippen LogP contribution is -2.46. The van der Waals surface area contributed by atoms with Crippen LogP contribution >= 0.6 is 0 Å². The zero-order chi connectivity index (χ0) is 18.4. The molecule has 0 unspecified atom stereocenters. The second-order valence-corrected chi connectivity index (χ2v) is 7.09. The monoisotopic (exact) mass is 352 g/mol. The number of ether oxygens (including phenoxy) is 1. The molecule has 4 nitrogen and oxygen atoms in total. The molecule has 2 aromatic carbocycles. The average Bonchev–Trinajstić information content (AvgIpc) is 2.73. The Balaban J connectivity index is 1.78. The van der Waals surface area contributed by atoms with Crippen LogP contribution < -0.4 is 15.4 Å². The van der Waals surface area contributed by atoms with E-state index >= 15 is 0 Å². The van der Waals surface area contributed by atoms with Gasteiger partial charge < -0.3 is 15.4 Å². The summed E-state index contributed by atoms with van der Waals surface area (Å²) in [6, 6.07) is 18.5. The smallest absolute Gasteiger partial charge is 0.255 e. The summed E-state index contributed by atoms with van der Waals surface area (Å²) >= 11 is 0. The molecule has 1 saturated carbocycles. The largest absolute Gasteiger partial charge is 0.496 e. The maximum absolute atomic E-state index is 12.8. The maximum atomic E-state index is 12.8. The second kappa shape index (κ2) is 8.37. The van der Waals surface area contributed by atoms with Gasteiger partial charge in [0, 0.05) is 18.0 Å². The summed E-state index contributed by atoms with van der Waals surface area (Å²) in [6.07, 6.45) is 4.37. The summed E-state index contributed by atoms with van der Waals surface area (Å²) in [5.41, 5.74) is 1.89. The highest BCUT2D eigenvalue weighted by Gasteiger charge is 2.36. The molecular formula is C22H28N2O2. The number of hydrogen-bond acceptors (Lipinski definition) is 3. The molecule has 0 spiro atoms. The molecule has 1 aliphatic rings. The van der Waals surface area contributed by atoms with E-state index in [1.807, 2.05) is 31.3 Å². The molecule has 4 heteroatoms. The van der Waals surface area contributed by atoms with Crippen molar-refractivity contribution in [2.75, 3.05) is 20.7 Å². The minimum Gasteiger partial charge on any atom is -0.496 e. The molecule has 3 rings (SSSR count). The van der Waals surface area contributed by atoms with Crippen LogP contribution in [0.3, 0.4) is 0 Å². The predicted molar refractivity (Wildman–Crippen MR) is 105 cm³/mol. The molecule has 0 radical (unpaired) electrons. The van der Waals surface area contributed by atoms with Gasteiger partial charge in [-0.3, -0.25) is 4.79 Å². The zero-order valence-corrected chi connectivity index (χ0v) is 15.6. The molecule has 0 heterocycles. The van der Waals surface area contributed by atoms with Gasteiger partial charge in [-0.1, -0.05) is 42.5 Å². The van der Waals surface area contributed by atoms with Crippen molar-refractivity contribution in [3.8, 4) is 5.75 Å². The first kappa shape index (κ1) is 18.5. The standard InChI is InChI=1S/C22H28N2O2/c1-23-18-12-14-22(15-13-18,17-8-4-3-5-9-17)16-24-21(25)19-10-6-7-11-20(19)26-2/h3-11,18,23H,12-16H2,1-2H3,(H,24,25)/t18-,22+. The third kappa shape index (κ3) is 3.91. The fraction of sp³-hybridized carbons (Fsp3) is 0.409. The van der Waals surface area contributed by atoms with E-state index in [1.165, 1.54) is 5.56 Å². The second-order valence-electron chi connectivity index (χ2n) is 7.09. The van der Waals surface area contributed by atoms with Gasteiger partial charge in [0.1, 0.15) is 5.75 Å². The third-order valence-corrected chi connectivity index (χ3v) is 5.68. The van der Waals surface area contributed by atoms with Crippen molar-refractivity contribution in [3.05, 3.63) is 65.7 Å². The van der Waals surface area contributed by atoms with Gasteiger partial charge in [-0.15, -0.1) is 0 Å². The molecule has 1 amide bonds. The van der Waals surface area contributed by atoms with Gasteiger partial charge in [0.15, 0.2) is 0 Å². The van der Waals surface area contributed by atoms with Gasteiger partial charge in [-0.2, -0.15) is 0 Å². The van der Waals surface area contributed by atoms with E-state index in [9.17, 15) is 4.79 Å². The molecule has 0 saturated heterocycles. The number of rotatable bonds is 6. The maximum Gasteiger partial charge on any atom is 0.255 e. The Morgan fingerprint density at radius 3 is 2.38 bits per heavy atom. The van der Waals surface area contributed by atoms with Crippen LogP contribution in [0.15, 0.2) is 54.6 Å². The van der Waals surface area contributed by atoms with Gasteiger partial charge in [-0.05, 0) is 50.4 Å². The molecule has 0 aliphatic heterocycles. The predicted octanol–water partition coefficient (Wildman–Crippen LogP) is 3.53. The fourth-order valence-electron chi connectivity index (χ4n) is 4.00. The van der Waals surface area contributed by atoms with Crippen molar-refractivity contribution < 1.29 is 9.53 Å². The minimum absolute atomic E-state index is 0.00765. The molecule has 1 aliphatic carbocycles. The van der Waals surface area contributed by atoms with Gasteiger partial charge >= 0.3 is 0 Å². The van der Waals surface area contributed by atoms with Crippen LogP contribution in [0.5, 0.6) is 5.75 Å². The van der Waals surface area contributed by atoms with Crippen LogP contribution in [0.4, 0.5) is 0 Å². The van der Waals surface area contributed by atoms with Gasteiger partial charge in [-0.25, -0.2) is 0 Å². The van der Waals surface area contributed by atoms with Gasteiger partial charge in [0.05, 0.1) is 12.7 Å². The first-order valence-corrected chi connectivity index (χ1v) is 9.32. The van der Waals surface area contributed by atoms with E-state index in [0.29, 0.717) is 23.9 Å². The first-order valence-electron chi connectivity index (χ1n) is 9.32. The van der Waals surface area contributed by atoms with Gasteiger partial charge in [0.2, 0.25) is 0 Å². The Hall–Kier alpha value is -2.33. The van der Waals surface area contributed by atoms with E-state index in [-0.39, 0.29) is 11.3 Å². The fourth-order valence-corrected chi connectivity index (χ4v) is 4.00. The molecule has 138 valence electrons. The molecular weight excluding hydrogens is 324 g/mol. The number of hydrogen-bond donors (Lipinski definition) is 2. The lowest BCUT2D eigenvalue weighted by atomic mass is 9.68. The van der Waals surface area contributed by atoms with Crippen LogP contribution in [0, 0.1) is 0 Å². The molecule has 2 aromatic rings. The topological polar surface area (TPSA) is 50.4 Å². The third-order valence-electron chi connectivity index (χ3n) is 5.68. The van der Waals surface area contributed by atoms with E-state index in [4.69, 9.17) is 4.74 Å². The number of methoxy groups -OCH3 is 1. The number of amides is 1. The number of nitrogens with one attached hydrogen (secondary N) is 2. The van der Waals surface area contributed by atoms with E-state index in [1.54, 1.807) is 13.2 Å². The van der Waals surface area contributed by atoms with Crippen molar-refractivity contribution in [2.45, 2.75) is 37.1 Å². The van der Waals surface area contributed by atoms with Gasteiger partial charge in [0.25, 0.3) is 5.91 Å². The Labute approximate surface area is 156 Å². The number of para-hydroxylation sites is 1. The number of carbonyl (C=O) groups is 1. The first-order chi connectivity index (χ1) is 12.7. The summed E-state index contributed by atoms with van der Waals surface area (Å²) in [4.78, 5) is 12.8. The zero-order valence-electron chi connectivity index (χ0n) is 15.6. The van der Waals surface area contributed by atoms with Crippen molar-refractivity contribution in [3.63, 3.8) is 0 Å². The molecule has 0 bridgehead atoms. The van der Waals surface area contributed by atoms with E-state index in [0.717, 1.165) is 25.7 Å². The normalized spacial score (nSPS) is 22.6. The minimum atomic E-state index is -0.0755. The molecule has 1 fully saturated rings. The Morgan fingerprint density at radius 2 is 1.73 bits per heavy atom. The molecule has 0 atom stereocenters. The van der Waals surface area contributed by atoms with Crippen molar-refractivity contribution in [1.29, 1.82) is 0 Å². The average molecular weight is 352 g/mol.